The Kier molecular flexibility index (Phi) is 4.63. The van der Waals surface area contributed by atoms with Crippen molar-refractivity contribution in [1.82, 2.24) is 19.1 Å². The SMILES string of the molecule is O=S(=O)(c1cccc(F)c1)N1CCN(c2ccc(-n3cccc3)nn2)CC1. The first kappa shape index (κ1) is 17.6. The molecule has 0 bridgehead atoms. The minimum absolute atomic E-state index is 0.0215. The Morgan fingerprint density at radius 1 is 0.852 bits per heavy atom. The van der Waals surface area contributed by atoms with E-state index < -0.39 is 15.8 Å². The summed E-state index contributed by atoms with van der Waals surface area (Å²) in [6.45, 7) is 1.60. The Morgan fingerprint density at radius 3 is 2.15 bits per heavy atom. The van der Waals surface area contributed by atoms with Gasteiger partial charge in [-0.05, 0) is 42.5 Å². The molecule has 7 nitrogen and oxygen atoms in total. The van der Waals surface area contributed by atoms with E-state index in [1.165, 1.54) is 22.5 Å². The third kappa shape index (κ3) is 3.56. The van der Waals surface area contributed by atoms with Crippen LogP contribution in [0.25, 0.3) is 5.82 Å². The average molecular weight is 387 g/mol. The van der Waals surface area contributed by atoms with Crippen LogP contribution in [0.1, 0.15) is 0 Å². The van der Waals surface area contributed by atoms with Crippen molar-refractivity contribution in [2.45, 2.75) is 4.90 Å². The molecule has 0 atom stereocenters. The monoisotopic (exact) mass is 387 g/mol. The Balaban J connectivity index is 1.44. The summed E-state index contributed by atoms with van der Waals surface area (Å²) >= 11 is 0. The zero-order chi connectivity index (χ0) is 18.9. The van der Waals surface area contributed by atoms with Crippen LogP contribution in [0.4, 0.5) is 10.2 Å². The first-order chi connectivity index (χ1) is 13.0. The number of sulfonamides is 1. The lowest BCUT2D eigenvalue weighted by Crippen LogP contribution is -2.49. The molecule has 3 heterocycles. The zero-order valence-corrected chi connectivity index (χ0v) is 15.3. The standard InChI is InChI=1S/C18H18FN5O2S/c19-15-4-3-5-16(14-15)27(25,26)24-12-10-23(11-13-24)18-7-6-17(20-21-18)22-8-1-2-9-22/h1-9,14H,10-13H2. The van der Waals surface area contributed by atoms with Crippen molar-refractivity contribution >= 4 is 15.8 Å². The Bertz CT molecular complexity index is 1010. The lowest BCUT2D eigenvalue weighted by Gasteiger charge is -2.34. The lowest BCUT2D eigenvalue weighted by atomic mass is 10.3. The average Bonchev–Trinajstić information content (AvgIpc) is 3.23. The van der Waals surface area contributed by atoms with Gasteiger partial charge in [0, 0.05) is 38.6 Å². The topological polar surface area (TPSA) is 71.3 Å². The maximum absolute atomic E-state index is 13.4. The van der Waals surface area contributed by atoms with Crippen molar-refractivity contribution in [3.05, 3.63) is 66.7 Å². The van der Waals surface area contributed by atoms with Gasteiger partial charge in [0.05, 0.1) is 4.90 Å². The molecular weight excluding hydrogens is 369 g/mol. The van der Waals surface area contributed by atoms with Crippen LogP contribution in [-0.4, -0.2) is 53.7 Å². The number of aromatic nitrogens is 3. The molecule has 0 unspecified atom stereocenters. The summed E-state index contributed by atoms with van der Waals surface area (Å²) in [4.78, 5) is 1.97. The van der Waals surface area contributed by atoms with Crippen LogP contribution in [0.5, 0.6) is 0 Å². The van der Waals surface area contributed by atoms with E-state index in [0.717, 1.165) is 11.9 Å². The highest BCUT2D eigenvalue weighted by molar-refractivity contribution is 7.89. The van der Waals surface area contributed by atoms with Crippen molar-refractivity contribution < 1.29 is 12.8 Å². The largest absolute Gasteiger partial charge is 0.352 e. The molecule has 27 heavy (non-hydrogen) atoms. The summed E-state index contributed by atoms with van der Waals surface area (Å²) < 4.78 is 41.9. The molecule has 0 N–H and O–H groups in total. The van der Waals surface area contributed by atoms with E-state index in [1.807, 2.05) is 46.1 Å². The van der Waals surface area contributed by atoms with Crippen LogP contribution in [0.15, 0.2) is 65.8 Å². The molecule has 1 fully saturated rings. The molecule has 1 saturated heterocycles. The lowest BCUT2D eigenvalue weighted by molar-refractivity contribution is 0.383. The minimum atomic E-state index is -3.70. The fourth-order valence-electron chi connectivity index (χ4n) is 3.05. The second-order valence-corrected chi connectivity index (χ2v) is 8.13. The first-order valence-corrected chi connectivity index (χ1v) is 9.96. The van der Waals surface area contributed by atoms with E-state index in [4.69, 9.17) is 0 Å². The third-order valence-corrected chi connectivity index (χ3v) is 6.40. The molecule has 9 heteroatoms. The van der Waals surface area contributed by atoms with Gasteiger partial charge in [-0.25, -0.2) is 12.8 Å². The van der Waals surface area contributed by atoms with Crippen LogP contribution in [-0.2, 0) is 10.0 Å². The van der Waals surface area contributed by atoms with Crippen molar-refractivity contribution in [1.29, 1.82) is 0 Å². The summed E-state index contributed by atoms with van der Waals surface area (Å²) in [5.74, 6) is 0.859. The van der Waals surface area contributed by atoms with Crippen LogP contribution in [0.2, 0.25) is 0 Å². The van der Waals surface area contributed by atoms with Crippen LogP contribution >= 0.6 is 0 Å². The molecule has 2 aromatic heterocycles. The summed E-state index contributed by atoms with van der Waals surface area (Å²) in [6, 6.07) is 12.7. The molecule has 140 valence electrons. The summed E-state index contributed by atoms with van der Waals surface area (Å²) in [5, 5.41) is 8.47. The maximum Gasteiger partial charge on any atom is 0.243 e. The molecule has 1 aliphatic heterocycles. The Hall–Kier alpha value is -2.78. The summed E-state index contributed by atoms with van der Waals surface area (Å²) in [7, 11) is -3.70. The van der Waals surface area contributed by atoms with Crippen molar-refractivity contribution in [3.63, 3.8) is 0 Å². The highest BCUT2D eigenvalue weighted by atomic mass is 32.2. The van der Waals surface area contributed by atoms with Gasteiger partial charge in [0.25, 0.3) is 0 Å². The van der Waals surface area contributed by atoms with E-state index in [1.54, 1.807) is 0 Å². The van der Waals surface area contributed by atoms with Gasteiger partial charge in [0.15, 0.2) is 11.6 Å². The molecule has 0 amide bonds. The van der Waals surface area contributed by atoms with Gasteiger partial charge < -0.3 is 9.47 Å². The summed E-state index contributed by atoms with van der Waals surface area (Å²) in [6.07, 6.45) is 3.78. The van der Waals surface area contributed by atoms with E-state index in [2.05, 4.69) is 10.2 Å². The van der Waals surface area contributed by atoms with Gasteiger partial charge in [-0.3, -0.25) is 0 Å². The van der Waals surface area contributed by atoms with Gasteiger partial charge in [-0.15, -0.1) is 10.2 Å². The molecule has 0 saturated carbocycles. The molecular formula is C18H18FN5O2S. The third-order valence-electron chi connectivity index (χ3n) is 4.50. The molecule has 3 aromatic rings. The highest BCUT2D eigenvalue weighted by Gasteiger charge is 2.29. The predicted octanol–water partition coefficient (Wildman–Crippen LogP) is 1.92. The summed E-state index contributed by atoms with van der Waals surface area (Å²) in [5.41, 5.74) is 0. The molecule has 1 aromatic carbocycles. The van der Waals surface area contributed by atoms with Crippen molar-refractivity contribution in [2.75, 3.05) is 31.1 Å². The molecule has 0 aliphatic carbocycles. The zero-order valence-electron chi connectivity index (χ0n) is 14.4. The van der Waals surface area contributed by atoms with Crippen molar-refractivity contribution in [3.8, 4) is 5.82 Å². The van der Waals surface area contributed by atoms with Gasteiger partial charge in [0.1, 0.15) is 5.82 Å². The molecule has 1 aliphatic rings. The number of rotatable bonds is 4. The van der Waals surface area contributed by atoms with E-state index >= 15 is 0 Å². The fraction of sp³-hybridized carbons (Fsp3) is 0.222. The van der Waals surface area contributed by atoms with Crippen LogP contribution < -0.4 is 4.90 Å². The molecule has 0 spiro atoms. The maximum atomic E-state index is 13.4. The van der Waals surface area contributed by atoms with Crippen LogP contribution in [0.3, 0.4) is 0 Å². The number of hydrogen-bond acceptors (Lipinski definition) is 5. The smallest absolute Gasteiger partial charge is 0.243 e. The van der Waals surface area contributed by atoms with Gasteiger partial charge in [-0.1, -0.05) is 6.07 Å². The Labute approximate surface area is 156 Å². The first-order valence-electron chi connectivity index (χ1n) is 8.52. The normalized spacial score (nSPS) is 15.8. The predicted molar refractivity (Wildman–Crippen MR) is 98.7 cm³/mol. The number of piperazine rings is 1. The number of nitrogens with zero attached hydrogens (tertiary/aromatic N) is 5. The molecule has 0 radical (unpaired) electrons. The van der Waals surface area contributed by atoms with Crippen molar-refractivity contribution in [2.24, 2.45) is 0 Å². The molecule has 4 rings (SSSR count). The number of benzene rings is 1. The highest BCUT2D eigenvalue weighted by Crippen LogP contribution is 2.20. The number of halogens is 1. The van der Waals surface area contributed by atoms with Gasteiger partial charge in [-0.2, -0.15) is 4.31 Å². The van der Waals surface area contributed by atoms with Gasteiger partial charge in [0.2, 0.25) is 10.0 Å². The Morgan fingerprint density at radius 2 is 1.52 bits per heavy atom. The number of hydrogen-bond donors (Lipinski definition) is 0. The fourth-order valence-corrected chi connectivity index (χ4v) is 4.50. The van der Waals surface area contributed by atoms with E-state index in [9.17, 15) is 12.8 Å². The second-order valence-electron chi connectivity index (χ2n) is 6.19. The van der Waals surface area contributed by atoms with Gasteiger partial charge >= 0.3 is 0 Å². The minimum Gasteiger partial charge on any atom is -0.352 e. The van der Waals surface area contributed by atoms with E-state index in [-0.39, 0.29) is 4.90 Å². The number of anilines is 1. The second kappa shape index (κ2) is 7.09. The van der Waals surface area contributed by atoms with Crippen LogP contribution in [0, 0.1) is 5.82 Å². The quantitative estimate of drug-likeness (QED) is 0.684. The van der Waals surface area contributed by atoms with E-state index in [0.29, 0.717) is 32.0 Å².